The largest absolute Gasteiger partial charge is 0.359 e. The van der Waals surface area contributed by atoms with Gasteiger partial charge in [-0.05, 0) is 54.8 Å². The van der Waals surface area contributed by atoms with Crippen molar-refractivity contribution in [3.8, 4) is 0 Å². The number of hydrogen-bond acceptors (Lipinski definition) is 1. The van der Waals surface area contributed by atoms with Gasteiger partial charge in [0.2, 0.25) is 0 Å². The van der Waals surface area contributed by atoms with Crippen molar-refractivity contribution >= 4 is 33.8 Å². The molecule has 4 rings (SSSR count). The lowest BCUT2D eigenvalue weighted by Gasteiger charge is -2.24. The van der Waals surface area contributed by atoms with Crippen LogP contribution in [0.5, 0.6) is 0 Å². The zero-order chi connectivity index (χ0) is 14.2. The first-order valence-electron chi connectivity index (χ1n) is 7.85. The van der Waals surface area contributed by atoms with Crippen molar-refractivity contribution in [2.75, 3.05) is 5.32 Å². The van der Waals surface area contributed by atoms with E-state index in [1.165, 1.54) is 36.5 Å². The van der Waals surface area contributed by atoms with Crippen LogP contribution in [0.15, 0.2) is 42.5 Å². The standard InChI is InChI=1S/C18H20N2S/c21-18(20-17-11-12-8-9-14(17)10-12)19-16-7-3-5-13-4-1-2-6-15(13)16/h1-7,12,14,17H,8-11H2,(H2,19,20,21)/t12-,14-,17-/m0/s1. The topological polar surface area (TPSA) is 24.1 Å². The smallest absolute Gasteiger partial charge is 0.171 e. The van der Waals surface area contributed by atoms with Gasteiger partial charge in [-0.15, -0.1) is 0 Å². The van der Waals surface area contributed by atoms with Crippen molar-refractivity contribution in [3.05, 3.63) is 42.5 Å². The second-order valence-corrected chi connectivity index (χ2v) is 6.81. The summed E-state index contributed by atoms with van der Waals surface area (Å²) in [5, 5.41) is 10.2. The van der Waals surface area contributed by atoms with Gasteiger partial charge >= 0.3 is 0 Å². The lowest BCUT2D eigenvalue weighted by Crippen LogP contribution is -2.40. The molecule has 3 heteroatoms. The molecule has 2 aromatic carbocycles. The van der Waals surface area contributed by atoms with Crippen LogP contribution in [0.3, 0.4) is 0 Å². The fourth-order valence-corrected chi connectivity index (χ4v) is 4.34. The second kappa shape index (κ2) is 5.30. The Morgan fingerprint density at radius 2 is 1.86 bits per heavy atom. The van der Waals surface area contributed by atoms with Crippen molar-refractivity contribution in [2.24, 2.45) is 11.8 Å². The highest BCUT2D eigenvalue weighted by Gasteiger charge is 2.39. The maximum atomic E-state index is 5.53. The predicted octanol–water partition coefficient (Wildman–Crippen LogP) is 4.31. The third kappa shape index (κ3) is 2.51. The lowest BCUT2D eigenvalue weighted by atomic mass is 9.95. The molecule has 108 valence electrons. The molecule has 2 bridgehead atoms. The first-order valence-corrected chi connectivity index (χ1v) is 8.26. The molecule has 2 aliphatic rings. The fourth-order valence-electron chi connectivity index (χ4n) is 4.08. The van der Waals surface area contributed by atoms with E-state index in [0.717, 1.165) is 22.6 Å². The van der Waals surface area contributed by atoms with Gasteiger partial charge in [0.1, 0.15) is 0 Å². The van der Waals surface area contributed by atoms with Crippen LogP contribution in [0.4, 0.5) is 5.69 Å². The Kier molecular flexibility index (Phi) is 3.30. The summed E-state index contributed by atoms with van der Waals surface area (Å²) in [6.07, 6.45) is 5.49. The molecule has 2 aromatic rings. The van der Waals surface area contributed by atoms with Crippen molar-refractivity contribution in [3.63, 3.8) is 0 Å². The highest BCUT2D eigenvalue weighted by Crippen LogP contribution is 2.44. The van der Waals surface area contributed by atoms with Crippen molar-refractivity contribution in [1.82, 2.24) is 5.32 Å². The minimum Gasteiger partial charge on any atom is -0.359 e. The number of fused-ring (bicyclic) bond motifs is 3. The molecule has 0 heterocycles. The molecule has 2 saturated carbocycles. The van der Waals surface area contributed by atoms with Gasteiger partial charge in [-0.1, -0.05) is 42.8 Å². The predicted molar refractivity (Wildman–Crippen MR) is 92.5 cm³/mol. The van der Waals surface area contributed by atoms with Crippen LogP contribution >= 0.6 is 12.2 Å². The van der Waals surface area contributed by atoms with Gasteiger partial charge in [-0.3, -0.25) is 0 Å². The summed E-state index contributed by atoms with van der Waals surface area (Å²) in [5.74, 6) is 1.77. The summed E-state index contributed by atoms with van der Waals surface area (Å²) in [4.78, 5) is 0. The van der Waals surface area contributed by atoms with Crippen molar-refractivity contribution in [2.45, 2.75) is 31.7 Å². The van der Waals surface area contributed by atoms with E-state index >= 15 is 0 Å². The molecule has 0 radical (unpaired) electrons. The van der Waals surface area contributed by atoms with Gasteiger partial charge in [0, 0.05) is 17.1 Å². The molecule has 0 aliphatic heterocycles. The molecule has 0 unspecified atom stereocenters. The third-order valence-corrected chi connectivity index (χ3v) is 5.31. The normalized spacial score (nSPS) is 27.0. The Morgan fingerprint density at radius 1 is 1.00 bits per heavy atom. The molecule has 2 aliphatic carbocycles. The Labute approximate surface area is 130 Å². The first kappa shape index (κ1) is 13.1. The van der Waals surface area contributed by atoms with Gasteiger partial charge in [-0.25, -0.2) is 0 Å². The average molecular weight is 296 g/mol. The third-order valence-electron chi connectivity index (χ3n) is 5.09. The molecule has 0 amide bonds. The monoisotopic (exact) mass is 296 g/mol. The molecule has 0 aromatic heterocycles. The van der Waals surface area contributed by atoms with Crippen LogP contribution in [0.2, 0.25) is 0 Å². The molecule has 2 fully saturated rings. The quantitative estimate of drug-likeness (QED) is 0.807. The molecule has 21 heavy (non-hydrogen) atoms. The van der Waals surface area contributed by atoms with E-state index in [1.54, 1.807) is 0 Å². The average Bonchev–Trinajstić information content (AvgIpc) is 3.10. The maximum absolute atomic E-state index is 5.53. The van der Waals surface area contributed by atoms with E-state index in [2.05, 4.69) is 53.1 Å². The molecule has 3 atom stereocenters. The van der Waals surface area contributed by atoms with Gasteiger partial charge in [0.05, 0.1) is 0 Å². The van der Waals surface area contributed by atoms with E-state index < -0.39 is 0 Å². The van der Waals surface area contributed by atoms with Crippen molar-refractivity contribution < 1.29 is 0 Å². The SMILES string of the molecule is S=C(Nc1cccc2ccccc12)N[C@H]1C[C@H]2CC[C@H]1C2. The van der Waals surface area contributed by atoms with Crippen LogP contribution in [-0.4, -0.2) is 11.2 Å². The lowest BCUT2D eigenvalue weighted by molar-refractivity contribution is 0.392. The van der Waals surface area contributed by atoms with Gasteiger partial charge in [0.15, 0.2) is 5.11 Å². The summed E-state index contributed by atoms with van der Waals surface area (Å²) >= 11 is 5.53. The van der Waals surface area contributed by atoms with Gasteiger partial charge in [-0.2, -0.15) is 0 Å². The summed E-state index contributed by atoms with van der Waals surface area (Å²) in [6.45, 7) is 0. The van der Waals surface area contributed by atoms with E-state index in [4.69, 9.17) is 12.2 Å². The fraction of sp³-hybridized carbons (Fsp3) is 0.389. The van der Waals surface area contributed by atoms with Crippen LogP contribution in [0.25, 0.3) is 10.8 Å². The minimum absolute atomic E-state index is 0.582. The molecule has 0 saturated heterocycles. The van der Waals surface area contributed by atoms with Crippen molar-refractivity contribution in [1.29, 1.82) is 0 Å². The van der Waals surface area contributed by atoms with E-state index in [9.17, 15) is 0 Å². The molecule has 0 spiro atoms. The number of nitrogens with one attached hydrogen (secondary N) is 2. The molecular formula is C18H20N2S. The zero-order valence-corrected chi connectivity index (χ0v) is 12.8. The summed E-state index contributed by atoms with van der Waals surface area (Å²) < 4.78 is 0. The highest BCUT2D eigenvalue weighted by molar-refractivity contribution is 7.80. The van der Waals surface area contributed by atoms with E-state index in [0.29, 0.717) is 6.04 Å². The number of benzene rings is 2. The Hall–Kier alpha value is -1.61. The molecule has 2 nitrogen and oxygen atoms in total. The van der Waals surface area contributed by atoms with Gasteiger partial charge < -0.3 is 10.6 Å². The number of rotatable bonds is 2. The maximum Gasteiger partial charge on any atom is 0.171 e. The number of anilines is 1. The van der Waals surface area contributed by atoms with Crippen LogP contribution in [0, 0.1) is 11.8 Å². The molecule has 2 N–H and O–H groups in total. The Balaban J connectivity index is 1.48. The minimum atomic E-state index is 0.582. The highest BCUT2D eigenvalue weighted by atomic mass is 32.1. The van der Waals surface area contributed by atoms with Gasteiger partial charge in [0.25, 0.3) is 0 Å². The molecular weight excluding hydrogens is 276 g/mol. The van der Waals surface area contributed by atoms with E-state index in [1.807, 2.05) is 0 Å². The summed E-state index contributed by atoms with van der Waals surface area (Å²) in [7, 11) is 0. The van der Waals surface area contributed by atoms with E-state index in [-0.39, 0.29) is 0 Å². The first-order chi connectivity index (χ1) is 10.3. The van der Waals surface area contributed by atoms with Crippen LogP contribution < -0.4 is 10.6 Å². The van der Waals surface area contributed by atoms with Crippen LogP contribution in [0.1, 0.15) is 25.7 Å². The number of hydrogen-bond donors (Lipinski definition) is 2. The Morgan fingerprint density at radius 3 is 2.67 bits per heavy atom. The zero-order valence-electron chi connectivity index (χ0n) is 12.0. The summed E-state index contributed by atoms with van der Waals surface area (Å²) in [6, 6.07) is 15.3. The Bertz CT molecular complexity index is 676. The second-order valence-electron chi connectivity index (χ2n) is 6.41. The number of thiocarbonyl (C=S) groups is 1. The van der Waals surface area contributed by atoms with Crippen LogP contribution in [-0.2, 0) is 0 Å². The summed E-state index contributed by atoms with van der Waals surface area (Å²) in [5.41, 5.74) is 1.09.